The third-order valence-corrected chi connectivity index (χ3v) is 9.57. The van der Waals surface area contributed by atoms with Crippen LogP contribution >= 0.6 is 23.2 Å². The van der Waals surface area contributed by atoms with Gasteiger partial charge in [-0.2, -0.15) is 0 Å². The van der Waals surface area contributed by atoms with Gasteiger partial charge in [0.1, 0.15) is 0 Å². The van der Waals surface area contributed by atoms with Crippen LogP contribution < -0.4 is 9.64 Å². The Labute approximate surface area is 256 Å². The molecule has 0 amide bonds. The molecule has 1 spiro atoms. The third-order valence-electron chi connectivity index (χ3n) is 9.13. The highest BCUT2D eigenvalue weighted by Crippen LogP contribution is 2.39. The number of hydrogen-bond acceptors (Lipinski definition) is 8. The average Bonchev–Trinajstić information content (AvgIpc) is 2.97. The number of nitrogens with zero attached hydrogens (tertiary/aromatic N) is 6. The molecular formula is C31H36Cl2N6O3. The number of carboxylic acids is 1. The smallest absolute Gasteiger partial charge is 0.303 e. The summed E-state index contributed by atoms with van der Waals surface area (Å²) in [6, 6.07) is 9.33. The van der Waals surface area contributed by atoms with E-state index in [1.54, 1.807) is 18.5 Å². The minimum atomic E-state index is -0.725. The van der Waals surface area contributed by atoms with Crippen LogP contribution in [0.4, 0.5) is 5.95 Å². The minimum Gasteiger partial charge on any atom is -0.481 e. The maximum atomic E-state index is 11.1. The molecule has 2 aromatic heterocycles. The van der Waals surface area contributed by atoms with E-state index in [2.05, 4.69) is 31.7 Å². The fourth-order valence-electron chi connectivity index (χ4n) is 6.46. The van der Waals surface area contributed by atoms with E-state index in [0.717, 1.165) is 68.9 Å². The van der Waals surface area contributed by atoms with E-state index in [1.807, 2.05) is 24.3 Å². The number of aliphatic carboxylic acids is 1. The molecule has 11 heteroatoms. The van der Waals surface area contributed by atoms with Gasteiger partial charge in [-0.3, -0.25) is 9.69 Å². The first-order valence-corrected chi connectivity index (χ1v) is 15.4. The Morgan fingerprint density at radius 1 is 0.976 bits per heavy atom. The normalized spacial score (nSPS) is 19.5. The van der Waals surface area contributed by atoms with Gasteiger partial charge in [-0.25, -0.2) is 15.0 Å². The lowest BCUT2D eigenvalue weighted by Crippen LogP contribution is -2.62. The van der Waals surface area contributed by atoms with Crippen molar-refractivity contribution in [2.75, 3.05) is 44.7 Å². The molecule has 0 aliphatic carbocycles. The van der Waals surface area contributed by atoms with Crippen LogP contribution in [0.15, 0.2) is 42.7 Å². The van der Waals surface area contributed by atoms with Crippen LogP contribution in [-0.2, 0) is 11.3 Å². The Morgan fingerprint density at radius 3 is 2.24 bits per heavy atom. The summed E-state index contributed by atoms with van der Waals surface area (Å²) in [6.45, 7) is 5.48. The van der Waals surface area contributed by atoms with Gasteiger partial charge in [-0.1, -0.05) is 23.2 Å². The van der Waals surface area contributed by atoms with Crippen molar-refractivity contribution in [2.45, 2.75) is 50.6 Å². The van der Waals surface area contributed by atoms with Gasteiger partial charge >= 0.3 is 5.97 Å². The van der Waals surface area contributed by atoms with Crippen molar-refractivity contribution in [3.05, 3.63) is 58.3 Å². The zero-order valence-electron chi connectivity index (χ0n) is 23.8. The van der Waals surface area contributed by atoms with Gasteiger partial charge in [0.25, 0.3) is 0 Å². The molecule has 42 heavy (non-hydrogen) atoms. The van der Waals surface area contributed by atoms with Crippen LogP contribution in [0.1, 0.15) is 44.1 Å². The topological polar surface area (TPSA) is 94.9 Å². The molecule has 0 unspecified atom stereocenters. The summed E-state index contributed by atoms with van der Waals surface area (Å²) in [7, 11) is 2.22. The Kier molecular flexibility index (Phi) is 8.54. The number of aromatic nitrogens is 3. The van der Waals surface area contributed by atoms with Crippen molar-refractivity contribution in [1.29, 1.82) is 0 Å². The number of carbonyl (C=O) groups is 1. The predicted molar refractivity (Wildman–Crippen MR) is 163 cm³/mol. The summed E-state index contributed by atoms with van der Waals surface area (Å²) in [5, 5.41) is 10.2. The Balaban J connectivity index is 1.17. The van der Waals surface area contributed by atoms with E-state index in [1.165, 1.54) is 13.0 Å². The zero-order valence-corrected chi connectivity index (χ0v) is 25.3. The van der Waals surface area contributed by atoms with Crippen LogP contribution in [0.5, 0.6) is 11.6 Å². The molecular weight excluding hydrogens is 575 g/mol. The second-order valence-corrected chi connectivity index (χ2v) is 12.8. The standard InChI is InChI=1S/C31H36Cl2N6O3/c1-37-9-4-31(37)5-10-39(11-6-31)30-34-18-26(19-35-30)42-28-13-22(20-38-7-2-21(3-8-38)14-29(40)41)12-27(36-28)23-15-24(32)17-25(33)16-23/h12-13,15-19,21H,2-11,14,20H2,1H3,(H,40,41). The number of ether oxygens (including phenoxy) is 1. The van der Waals surface area contributed by atoms with E-state index in [-0.39, 0.29) is 12.3 Å². The molecule has 6 rings (SSSR count). The van der Waals surface area contributed by atoms with E-state index in [9.17, 15) is 4.79 Å². The van der Waals surface area contributed by atoms with Gasteiger partial charge in [0.15, 0.2) is 5.75 Å². The second kappa shape index (κ2) is 12.3. The molecule has 3 aliphatic rings. The van der Waals surface area contributed by atoms with Crippen molar-refractivity contribution in [2.24, 2.45) is 5.92 Å². The largest absolute Gasteiger partial charge is 0.481 e. The Bertz CT molecular complexity index is 1400. The molecule has 0 radical (unpaired) electrons. The lowest BCUT2D eigenvalue weighted by molar-refractivity contribution is -0.138. The summed E-state index contributed by atoms with van der Waals surface area (Å²) < 4.78 is 6.20. The number of likely N-dealkylation sites (tertiary alicyclic amines) is 2. The SMILES string of the molecule is CN1CCC12CCN(c1ncc(Oc3cc(CN4CCC(CC(=O)O)CC4)cc(-c4cc(Cl)cc(Cl)c4)n3)cn1)CC2. The maximum absolute atomic E-state index is 11.1. The molecule has 9 nitrogen and oxygen atoms in total. The zero-order chi connectivity index (χ0) is 29.3. The van der Waals surface area contributed by atoms with Crippen LogP contribution in [0, 0.1) is 5.92 Å². The van der Waals surface area contributed by atoms with Gasteiger partial charge in [0.05, 0.1) is 18.1 Å². The van der Waals surface area contributed by atoms with Crippen LogP contribution in [0.3, 0.4) is 0 Å². The number of benzene rings is 1. The first kappa shape index (κ1) is 29.1. The molecule has 222 valence electrons. The Hall–Kier alpha value is -2.98. The average molecular weight is 612 g/mol. The molecule has 0 atom stereocenters. The quantitative estimate of drug-likeness (QED) is 0.329. The number of pyridine rings is 1. The van der Waals surface area contributed by atoms with E-state index in [0.29, 0.717) is 39.5 Å². The summed E-state index contributed by atoms with van der Waals surface area (Å²) in [5.41, 5.74) is 2.90. The van der Waals surface area contributed by atoms with Gasteiger partial charge in [-0.05, 0) is 88.0 Å². The highest BCUT2D eigenvalue weighted by Gasteiger charge is 2.44. The summed E-state index contributed by atoms with van der Waals surface area (Å²) >= 11 is 12.6. The van der Waals surface area contributed by atoms with Crippen molar-refractivity contribution in [3.8, 4) is 22.9 Å². The summed E-state index contributed by atoms with van der Waals surface area (Å²) in [6.07, 6.45) is 8.94. The van der Waals surface area contributed by atoms with Gasteiger partial charge < -0.3 is 19.6 Å². The number of halogens is 2. The number of hydrogen-bond donors (Lipinski definition) is 1. The van der Waals surface area contributed by atoms with Gasteiger partial charge in [0.2, 0.25) is 11.8 Å². The van der Waals surface area contributed by atoms with E-state index >= 15 is 0 Å². The third kappa shape index (κ3) is 6.64. The molecule has 3 fully saturated rings. The summed E-state index contributed by atoms with van der Waals surface area (Å²) in [4.78, 5) is 32.2. The van der Waals surface area contributed by atoms with E-state index in [4.69, 9.17) is 38.0 Å². The first-order valence-electron chi connectivity index (χ1n) is 14.6. The molecule has 0 saturated carbocycles. The Morgan fingerprint density at radius 2 is 1.64 bits per heavy atom. The number of anilines is 1. The number of piperidine rings is 2. The lowest BCUT2D eigenvalue weighted by Gasteiger charge is -2.55. The molecule has 0 bridgehead atoms. The van der Waals surface area contributed by atoms with Crippen LogP contribution in [0.25, 0.3) is 11.3 Å². The number of carboxylic acid groups (broad SMARTS) is 1. The molecule has 3 aliphatic heterocycles. The molecule has 3 aromatic rings. The van der Waals surface area contributed by atoms with Crippen molar-refractivity contribution in [1.82, 2.24) is 24.8 Å². The molecule has 3 saturated heterocycles. The second-order valence-electron chi connectivity index (χ2n) is 11.9. The van der Waals surface area contributed by atoms with Crippen LogP contribution in [0.2, 0.25) is 10.0 Å². The van der Waals surface area contributed by atoms with Gasteiger partial charge in [-0.15, -0.1) is 0 Å². The summed E-state index contributed by atoms with van der Waals surface area (Å²) in [5.74, 6) is 1.18. The van der Waals surface area contributed by atoms with E-state index < -0.39 is 5.97 Å². The molecule has 1 N–H and O–H groups in total. The molecule has 1 aromatic carbocycles. The molecule has 5 heterocycles. The predicted octanol–water partition coefficient (Wildman–Crippen LogP) is 6.00. The number of rotatable bonds is 8. The monoisotopic (exact) mass is 610 g/mol. The fraction of sp³-hybridized carbons (Fsp3) is 0.484. The van der Waals surface area contributed by atoms with Gasteiger partial charge in [0, 0.05) is 59.8 Å². The van der Waals surface area contributed by atoms with Crippen molar-refractivity contribution < 1.29 is 14.6 Å². The highest BCUT2D eigenvalue weighted by molar-refractivity contribution is 6.35. The minimum absolute atomic E-state index is 0.229. The fourth-order valence-corrected chi connectivity index (χ4v) is 6.98. The maximum Gasteiger partial charge on any atom is 0.303 e. The van der Waals surface area contributed by atoms with Crippen LogP contribution in [-0.4, -0.2) is 81.1 Å². The van der Waals surface area contributed by atoms with Crippen molar-refractivity contribution in [3.63, 3.8) is 0 Å². The first-order chi connectivity index (χ1) is 20.2. The van der Waals surface area contributed by atoms with Crippen molar-refractivity contribution >= 4 is 35.1 Å². The lowest BCUT2D eigenvalue weighted by atomic mass is 9.77. The highest BCUT2D eigenvalue weighted by atomic mass is 35.5.